The Bertz CT molecular complexity index is 628. The zero-order valence-electron chi connectivity index (χ0n) is 12.4. The molecular weight excluding hydrogens is 248 g/mol. The molecule has 1 atom stereocenters. The van der Waals surface area contributed by atoms with E-state index in [1.807, 2.05) is 0 Å². The summed E-state index contributed by atoms with van der Waals surface area (Å²) in [5.74, 6) is 0.868. The molecule has 0 radical (unpaired) electrons. The summed E-state index contributed by atoms with van der Waals surface area (Å²) in [6.07, 6.45) is 3.65. The molecule has 3 rings (SSSR count). The van der Waals surface area contributed by atoms with Crippen LogP contribution in [0.4, 0.5) is 5.88 Å². The highest BCUT2D eigenvalue weighted by molar-refractivity contribution is 5.76. The Morgan fingerprint density at radius 2 is 2.15 bits per heavy atom. The van der Waals surface area contributed by atoms with Gasteiger partial charge in [0.15, 0.2) is 0 Å². The fourth-order valence-corrected chi connectivity index (χ4v) is 3.48. The molecule has 1 aliphatic carbocycles. The van der Waals surface area contributed by atoms with Gasteiger partial charge in [0.1, 0.15) is 0 Å². The number of rotatable bonds is 2. The summed E-state index contributed by atoms with van der Waals surface area (Å²) in [4.78, 5) is 0. The highest BCUT2D eigenvalue weighted by Gasteiger charge is 2.39. The van der Waals surface area contributed by atoms with E-state index >= 15 is 0 Å². The van der Waals surface area contributed by atoms with E-state index < -0.39 is 0 Å². The molecule has 2 N–H and O–H groups in total. The van der Waals surface area contributed by atoms with Gasteiger partial charge in [-0.3, -0.25) is 0 Å². The third-order valence-corrected chi connectivity index (χ3v) is 4.64. The van der Waals surface area contributed by atoms with Gasteiger partial charge in [0, 0.05) is 5.92 Å². The van der Waals surface area contributed by atoms with Gasteiger partial charge in [-0.15, -0.1) is 0 Å². The first-order valence-electron chi connectivity index (χ1n) is 7.31. The van der Waals surface area contributed by atoms with Gasteiger partial charge >= 0.3 is 0 Å². The van der Waals surface area contributed by atoms with Crippen LogP contribution >= 0.6 is 0 Å². The van der Waals surface area contributed by atoms with Gasteiger partial charge in [-0.1, -0.05) is 55.3 Å². The number of hydrogen-bond donors (Lipinski definition) is 1. The maximum absolute atomic E-state index is 6.05. The minimum atomic E-state index is 0.266. The second-order valence-corrected chi connectivity index (χ2v) is 6.61. The molecule has 2 aromatic rings. The molecule has 0 bridgehead atoms. The summed E-state index contributed by atoms with van der Waals surface area (Å²) in [6, 6.07) is 8.38. The zero-order valence-corrected chi connectivity index (χ0v) is 12.4. The first-order valence-corrected chi connectivity index (χ1v) is 7.31. The maximum Gasteiger partial charge on any atom is 0.230 e. The van der Waals surface area contributed by atoms with Crippen LogP contribution in [0.25, 0.3) is 11.1 Å². The van der Waals surface area contributed by atoms with E-state index in [0.29, 0.717) is 11.8 Å². The lowest BCUT2D eigenvalue weighted by molar-refractivity contribution is 0.314. The van der Waals surface area contributed by atoms with Gasteiger partial charge in [0.25, 0.3) is 0 Å². The van der Waals surface area contributed by atoms with Gasteiger partial charge in [-0.25, -0.2) is 0 Å². The van der Waals surface area contributed by atoms with Crippen molar-refractivity contribution in [3.05, 3.63) is 35.5 Å². The fourth-order valence-electron chi connectivity index (χ4n) is 3.48. The summed E-state index contributed by atoms with van der Waals surface area (Å²) in [6.45, 7) is 6.72. The average molecular weight is 270 g/mol. The number of benzene rings is 1. The molecule has 1 aromatic carbocycles. The van der Waals surface area contributed by atoms with E-state index in [4.69, 9.17) is 10.3 Å². The van der Waals surface area contributed by atoms with Crippen molar-refractivity contribution in [2.45, 2.75) is 46.0 Å². The van der Waals surface area contributed by atoms with Crippen molar-refractivity contribution in [3.8, 4) is 11.1 Å². The van der Waals surface area contributed by atoms with Crippen molar-refractivity contribution >= 4 is 5.88 Å². The molecule has 1 aliphatic rings. The molecule has 3 heteroatoms. The Morgan fingerprint density at radius 1 is 1.35 bits per heavy atom. The SMILES string of the molecule is Cc1cccc(-c2c(C3CCCC3(C)C)noc2N)c1. The molecule has 0 aliphatic heterocycles. The summed E-state index contributed by atoms with van der Waals surface area (Å²) in [5, 5.41) is 4.30. The van der Waals surface area contributed by atoms with E-state index in [0.717, 1.165) is 23.2 Å². The topological polar surface area (TPSA) is 52.0 Å². The van der Waals surface area contributed by atoms with Crippen molar-refractivity contribution in [1.29, 1.82) is 0 Å². The van der Waals surface area contributed by atoms with Gasteiger partial charge in [-0.05, 0) is 30.7 Å². The van der Waals surface area contributed by atoms with Crippen LogP contribution in [0.3, 0.4) is 0 Å². The highest BCUT2D eigenvalue weighted by atomic mass is 16.5. The molecule has 0 saturated heterocycles. The molecule has 1 heterocycles. The van der Waals surface area contributed by atoms with Crippen LogP contribution < -0.4 is 5.73 Å². The molecule has 0 spiro atoms. The first kappa shape index (κ1) is 13.2. The van der Waals surface area contributed by atoms with E-state index in [2.05, 4.69) is 50.2 Å². The second kappa shape index (κ2) is 4.65. The quantitative estimate of drug-likeness (QED) is 0.872. The zero-order chi connectivity index (χ0) is 14.3. The molecule has 1 unspecified atom stereocenters. The Labute approximate surface area is 120 Å². The molecule has 0 amide bonds. The van der Waals surface area contributed by atoms with Crippen molar-refractivity contribution in [1.82, 2.24) is 5.16 Å². The van der Waals surface area contributed by atoms with Crippen LogP contribution in [0.2, 0.25) is 0 Å². The van der Waals surface area contributed by atoms with Crippen LogP contribution in [-0.2, 0) is 0 Å². The Hall–Kier alpha value is -1.77. The van der Waals surface area contributed by atoms with Crippen LogP contribution in [0, 0.1) is 12.3 Å². The lowest BCUT2D eigenvalue weighted by Gasteiger charge is -2.25. The summed E-state index contributed by atoms with van der Waals surface area (Å²) < 4.78 is 5.32. The van der Waals surface area contributed by atoms with Gasteiger partial charge in [0.2, 0.25) is 5.88 Å². The lowest BCUT2D eigenvalue weighted by Crippen LogP contribution is -2.16. The van der Waals surface area contributed by atoms with E-state index in [1.54, 1.807) is 0 Å². The van der Waals surface area contributed by atoms with E-state index in [-0.39, 0.29) is 5.41 Å². The number of anilines is 1. The molecule has 20 heavy (non-hydrogen) atoms. The molecule has 106 valence electrons. The Morgan fingerprint density at radius 3 is 2.80 bits per heavy atom. The fraction of sp³-hybridized carbons (Fsp3) is 0.471. The van der Waals surface area contributed by atoms with Crippen LogP contribution in [0.1, 0.15) is 50.3 Å². The van der Waals surface area contributed by atoms with Crippen molar-refractivity contribution in [2.24, 2.45) is 5.41 Å². The predicted molar refractivity (Wildman–Crippen MR) is 81.5 cm³/mol. The number of nitrogens with zero attached hydrogens (tertiary/aromatic N) is 1. The number of aromatic nitrogens is 1. The van der Waals surface area contributed by atoms with Crippen molar-refractivity contribution in [3.63, 3.8) is 0 Å². The summed E-state index contributed by atoms with van der Waals surface area (Å²) in [7, 11) is 0. The normalized spacial score (nSPS) is 21.2. The predicted octanol–water partition coefficient (Wildman–Crippen LogP) is 4.53. The van der Waals surface area contributed by atoms with Crippen LogP contribution in [0.5, 0.6) is 0 Å². The minimum absolute atomic E-state index is 0.266. The van der Waals surface area contributed by atoms with Gasteiger partial charge in [-0.2, -0.15) is 0 Å². The Balaban J connectivity index is 2.11. The second-order valence-electron chi connectivity index (χ2n) is 6.61. The standard InChI is InChI=1S/C17H22N2O/c1-11-6-4-7-12(10-11)14-15(19-20-16(14)18)13-8-5-9-17(13,2)3/h4,6-7,10,13H,5,8-9,18H2,1-3H3. The average Bonchev–Trinajstić information content (AvgIpc) is 2.91. The third kappa shape index (κ3) is 2.11. The van der Waals surface area contributed by atoms with Gasteiger partial charge < -0.3 is 10.3 Å². The highest BCUT2D eigenvalue weighted by Crippen LogP contribution is 2.51. The van der Waals surface area contributed by atoms with Crippen LogP contribution in [-0.4, -0.2) is 5.16 Å². The number of hydrogen-bond acceptors (Lipinski definition) is 3. The van der Waals surface area contributed by atoms with E-state index in [9.17, 15) is 0 Å². The van der Waals surface area contributed by atoms with E-state index in [1.165, 1.54) is 18.4 Å². The van der Waals surface area contributed by atoms with Crippen molar-refractivity contribution in [2.75, 3.05) is 5.73 Å². The Kier molecular flexibility index (Phi) is 3.08. The largest absolute Gasteiger partial charge is 0.367 e. The summed E-state index contributed by atoms with van der Waals surface area (Å²) >= 11 is 0. The minimum Gasteiger partial charge on any atom is -0.367 e. The molecular formula is C17H22N2O. The molecule has 1 aromatic heterocycles. The lowest BCUT2D eigenvalue weighted by atomic mass is 9.78. The third-order valence-electron chi connectivity index (χ3n) is 4.64. The first-order chi connectivity index (χ1) is 9.49. The molecule has 3 nitrogen and oxygen atoms in total. The number of aryl methyl sites for hydroxylation is 1. The number of nitrogens with two attached hydrogens (primary N) is 1. The van der Waals surface area contributed by atoms with Crippen LogP contribution in [0.15, 0.2) is 28.8 Å². The smallest absolute Gasteiger partial charge is 0.230 e. The van der Waals surface area contributed by atoms with Gasteiger partial charge in [0.05, 0.1) is 11.3 Å². The number of nitrogen functional groups attached to an aromatic ring is 1. The monoisotopic (exact) mass is 270 g/mol. The molecule has 1 fully saturated rings. The summed E-state index contributed by atoms with van der Waals surface area (Å²) in [5.41, 5.74) is 10.7. The van der Waals surface area contributed by atoms with Crippen molar-refractivity contribution < 1.29 is 4.52 Å². The molecule has 1 saturated carbocycles. The maximum atomic E-state index is 6.05.